The van der Waals surface area contributed by atoms with E-state index in [2.05, 4.69) is 10.3 Å². The lowest BCUT2D eigenvalue weighted by Gasteiger charge is -2.14. The van der Waals surface area contributed by atoms with Gasteiger partial charge in [0.2, 0.25) is 0 Å². The molecule has 0 aliphatic heterocycles. The van der Waals surface area contributed by atoms with Crippen LogP contribution in [0.2, 0.25) is 0 Å². The quantitative estimate of drug-likeness (QED) is 0.547. The number of carbonyl (C=O) groups is 1. The number of nitrogens with one attached hydrogen (secondary N) is 1. The number of carbonyl (C=O) groups excluding carboxylic acids is 1. The summed E-state index contributed by atoms with van der Waals surface area (Å²) in [5, 5.41) is 11.8. The maximum Gasteiger partial charge on any atom is 0.416 e. The molecule has 1 amide bonds. The van der Waals surface area contributed by atoms with Gasteiger partial charge < -0.3 is 15.2 Å². The Kier molecular flexibility index (Phi) is 6.55. The predicted octanol–water partition coefficient (Wildman–Crippen LogP) is 4.81. The monoisotopic (exact) mass is 434 g/mol. The smallest absolute Gasteiger partial charge is 0.416 e. The molecule has 0 aliphatic carbocycles. The number of aromatic nitrogens is 1. The number of aliphatic hydroxyl groups is 1. The summed E-state index contributed by atoms with van der Waals surface area (Å²) in [7, 11) is 0. The molecular formula is C22H18F4N2O3. The molecule has 0 bridgehead atoms. The molecule has 3 aromatic rings. The Hall–Kier alpha value is -3.46. The van der Waals surface area contributed by atoms with E-state index >= 15 is 0 Å². The number of benzene rings is 2. The second kappa shape index (κ2) is 9.13. The molecule has 0 unspecified atom stereocenters. The summed E-state index contributed by atoms with van der Waals surface area (Å²) in [4.78, 5) is 16.5. The Bertz CT molecular complexity index is 1070. The zero-order chi connectivity index (χ0) is 22.6. The molecule has 0 spiro atoms. The predicted molar refractivity (Wildman–Crippen MR) is 105 cm³/mol. The van der Waals surface area contributed by atoms with Crippen LogP contribution in [-0.2, 0) is 6.18 Å². The van der Waals surface area contributed by atoms with Gasteiger partial charge in [0.25, 0.3) is 5.91 Å². The number of rotatable bonds is 6. The van der Waals surface area contributed by atoms with Crippen molar-refractivity contribution in [3.8, 4) is 22.8 Å². The van der Waals surface area contributed by atoms with Crippen molar-refractivity contribution in [2.45, 2.75) is 19.2 Å². The highest BCUT2D eigenvalue weighted by molar-refractivity contribution is 5.93. The first-order chi connectivity index (χ1) is 14.6. The fraction of sp³-hybridized carbons (Fsp3) is 0.182. The summed E-state index contributed by atoms with van der Waals surface area (Å²) in [5.41, 5.74) is -0.385. The number of pyridine rings is 1. The number of ether oxygens (including phenoxy) is 1. The molecule has 5 nitrogen and oxygen atoms in total. The van der Waals surface area contributed by atoms with Crippen molar-refractivity contribution in [3.05, 3.63) is 77.7 Å². The molecule has 1 aromatic heterocycles. The highest BCUT2D eigenvalue weighted by Gasteiger charge is 2.30. The van der Waals surface area contributed by atoms with Gasteiger partial charge in [-0.3, -0.25) is 4.79 Å². The zero-order valence-electron chi connectivity index (χ0n) is 16.3. The maximum absolute atomic E-state index is 13.8. The first kappa shape index (κ1) is 22.2. The highest BCUT2D eigenvalue weighted by Crippen LogP contribution is 2.34. The van der Waals surface area contributed by atoms with Gasteiger partial charge in [0.1, 0.15) is 23.0 Å². The molecule has 9 heteroatoms. The number of halogens is 4. The van der Waals surface area contributed by atoms with Gasteiger partial charge >= 0.3 is 6.18 Å². The molecule has 0 radical (unpaired) electrons. The third-order valence-electron chi connectivity index (χ3n) is 4.16. The van der Waals surface area contributed by atoms with Gasteiger partial charge in [-0.25, -0.2) is 9.37 Å². The third kappa shape index (κ3) is 5.79. The number of hydrogen-bond acceptors (Lipinski definition) is 4. The van der Waals surface area contributed by atoms with Crippen molar-refractivity contribution in [1.82, 2.24) is 10.3 Å². The molecule has 0 saturated heterocycles. The molecule has 2 N–H and O–H groups in total. The van der Waals surface area contributed by atoms with Gasteiger partial charge in [-0.2, -0.15) is 13.2 Å². The van der Waals surface area contributed by atoms with Crippen LogP contribution >= 0.6 is 0 Å². The van der Waals surface area contributed by atoms with Crippen LogP contribution in [0.1, 0.15) is 23.0 Å². The lowest BCUT2D eigenvalue weighted by Crippen LogP contribution is -2.31. The molecule has 2 aromatic carbocycles. The highest BCUT2D eigenvalue weighted by atomic mass is 19.4. The molecule has 1 heterocycles. The van der Waals surface area contributed by atoms with E-state index in [-0.39, 0.29) is 29.4 Å². The molecule has 0 saturated carbocycles. The van der Waals surface area contributed by atoms with Crippen molar-refractivity contribution < 1.29 is 32.2 Å². The Morgan fingerprint density at radius 3 is 2.45 bits per heavy atom. The fourth-order valence-corrected chi connectivity index (χ4v) is 2.67. The van der Waals surface area contributed by atoms with E-state index < -0.39 is 29.6 Å². The summed E-state index contributed by atoms with van der Waals surface area (Å²) in [6.07, 6.45) is -5.23. The summed E-state index contributed by atoms with van der Waals surface area (Å²) in [6.45, 7) is 1.52. The second-order valence-corrected chi connectivity index (χ2v) is 6.74. The SMILES string of the molecule is C[C@H](O)CNC(=O)c1ccc(Oc2ccc(C(F)(F)F)cc2)c(-c2cccc(F)c2)n1. The van der Waals surface area contributed by atoms with E-state index in [0.29, 0.717) is 5.56 Å². The van der Waals surface area contributed by atoms with Crippen LogP contribution in [-0.4, -0.2) is 28.6 Å². The van der Waals surface area contributed by atoms with Gasteiger partial charge in [-0.15, -0.1) is 0 Å². The van der Waals surface area contributed by atoms with Crippen LogP contribution in [0.15, 0.2) is 60.7 Å². The number of amides is 1. The number of alkyl halides is 3. The normalized spacial score (nSPS) is 12.3. The van der Waals surface area contributed by atoms with Crippen LogP contribution in [0, 0.1) is 5.82 Å². The molecule has 1 atom stereocenters. The topological polar surface area (TPSA) is 71.5 Å². The lowest BCUT2D eigenvalue weighted by atomic mass is 10.1. The number of aliphatic hydroxyl groups excluding tert-OH is 1. The second-order valence-electron chi connectivity index (χ2n) is 6.74. The molecule has 162 valence electrons. The Balaban J connectivity index is 1.96. The van der Waals surface area contributed by atoms with Crippen molar-refractivity contribution in [3.63, 3.8) is 0 Å². The minimum atomic E-state index is -4.48. The Morgan fingerprint density at radius 1 is 1.13 bits per heavy atom. The fourth-order valence-electron chi connectivity index (χ4n) is 2.67. The zero-order valence-corrected chi connectivity index (χ0v) is 16.3. The van der Waals surface area contributed by atoms with Crippen molar-refractivity contribution >= 4 is 5.91 Å². The summed E-state index contributed by atoms with van der Waals surface area (Å²) in [6, 6.07) is 12.3. The van der Waals surface area contributed by atoms with Gasteiger partial charge in [0.05, 0.1) is 11.7 Å². The van der Waals surface area contributed by atoms with E-state index in [0.717, 1.165) is 24.3 Å². The molecule has 0 fully saturated rings. The minimum Gasteiger partial charge on any atom is -0.455 e. The van der Waals surface area contributed by atoms with Crippen LogP contribution in [0.4, 0.5) is 17.6 Å². The number of hydrogen-bond donors (Lipinski definition) is 2. The number of nitrogens with zero attached hydrogens (tertiary/aromatic N) is 1. The molecular weight excluding hydrogens is 416 g/mol. The minimum absolute atomic E-state index is 0.000296. The third-order valence-corrected chi connectivity index (χ3v) is 4.16. The van der Waals surface area contributed by atoms with E-state index in [1.807, 2.05) is 0 Å². The standard InChI is InChI=1S/C22H18F4N2O3/c1-13(29)12-27-21(30)18-9-10-19(20(28-18)14-3-2-4-16(23)11-14)31-17-7-5-15(6-8-17)22(24,25)26/h2-11,13,29H,12H2,1H3,(H,27,30)/t13-/m0/s1. The van der Waals surface area contributed by atoms with Crippen molar-refractivity contribution in [1.29, 1.82) is 0 Å². The van der Waals surface area contributed by atoms with E-state index in [1.165, 1.54) is 37.3 Å². The Labute approximate surface area is 175 Å². The summed E-state index contributed by atoms with van der Waals surface area (Å²) < 4.78 is 57.7. The Morgan fingerprint density at radius 2 is 1.84 bits per heavy atom. The van der Waals surface area contributed by atoms with Crippen LogP contribution < -0.4 is 10.1 Å². The van der Waals surface area contributed by atoms with Crippen LogP contribution in [0.25, 0.3) is 11.3 Å². The lowest BCUT2D eigenvalue weighted by molar-refractivity contribution is -0.137. The average molecular weight is 434 g/mol. The van der Waals surface area contributed by atoms with Gasteiger partial charge in [0.15, 0.2) is 5.75 Å². The van der Waals surface area contributed by atoms with Gasteiger partial charge in [-0.1, -0.05) is 12.1 Å². The molecule has 0 aliphatic rings. The largest absolute Gasteiger partial charge is 0.455 e. The van der Waals surface area contributed by atoms with E-state index in [4.69, 9.17) is 4.74 Å². The maximum atomic E-state index is 13.8. The van der Waals surface area contributed by atoms with Crippen LogP contribution in [0.5, 0.6) is 11.5 Å². The van der Waals surface area contributed by atoms with E-state index in [9.17, 15) is 27.5 Å². The molecule has 3 rings (SSSR count). The first-order valence-corrected chi connectivity index (χ1v) is 9.22. The van der Waals surface area contributed by atoms with Crippen LogP contribution in [0.3, 0.4) is 0 Å². The molecule has 31 heavy (non-hydrogen) atoms. The van der Waals surface area contributed by atoms with Crippen molar-refractivity contribution in [2.75, 3.05) is 6.54 Å². The van der Waals surface area contributed by atoms with E-state index in [1.54, 1.807) is 6.07 Å². The van der Waals surface area contributed by atoms with Crippen molar-refractivity contribution in [2.24, 2.45) is 0 Å². The summed E-state index contributed by atoms with van der Waals surface area (Å²) in [5.74, 6) is -0.862. The summed E-state index contributed by atoms with van der Waals surface area (Å²) >= 11 is 0. The van der Waals surface area contributed by atoms with Gasteiger partial charge in [0, 0.05) is 12.1 Å². The first-order valence-electron chi connectivity index (χ1n) is 9.22. The van der Waals surface area contributed by atoms with Gasteiger partial charge in [-0.05, 0) is 55.5 Å². The average Bonchev–Trinajstić information content (AvgIpc) is 2.72.